The zero-order valence-electron chi connectivity index (χ0n) is 13.6. The third kappa shape index (κ3) is 3.76. The maximum atomic E-state index is 12.7. The van der Waals surface area contributed by atoms with Gasteiger partial charge in [0.15, 0.2) is 5.78 Å². The lowest BCUT2D eigenvalue weighted by Gasteiger charge is -2.25. The second-order valence-corrected chi connectivity index (χ2v) is 6.19. The summed E-state index contributed by atoms with van der Waals surface area (Å²) in [7, 11) is 0. The van der Waals surface area contributed by atoms with Gasteiger partial charge in [-0.05, 0) is 17.5 Å². The zero-order chi connectivity index (χ0) is 17.8. The number of nitrogens with one attached hydrogen (secondary N) is 1. The van der Waals surface area contributed by atoms with Crippen molar-refractivity contribution in [2.75, 3.05) is 0 Å². The van der Waals surface area contributed by atoms with Crippen molar-refractivity contribution in [3.05, 3.63) is 71.3 Å². The summed E-state index contributed by atoms with van der Waals surface area (Å²) in [5, 5.41) is 12.1. The number of fused-ring (bicyclic) bond motifs is 1. The summed E-state index contributed by atoms with van der Waals surface area (Å²) >= 11 is 0. The maximum Gasteiger partial charge on any atom is 0.326 e. The molecule has 2 aromatic rings. The maximum absolute atomic E-state index is 12.7. The molecular weight excluding hydrogens is 318 g/mol. The van der Waals surface area contributed by atoms with E-state index in [1.54, 1.807) is 24.3 Å². The highest BCUT2D eigenvalue weighted by Crippen LogP contribution is 2.31. The Hall–Kier alpha value is -2.95. The molecule has 1 aliphatic rings. The lowest BCUT2D eigenvalue weighted by atomic mass is 9.81. The van der Waals surface area contributed by atoms with Gasteiger partial charge < -0.3 is 10.4 Å². The Kier molecular flexibility index (Phi) is 4.93. The van der Waals surface area contributed by atoms with Gasteiger partial charge in [0.1, 0.15) is 6.04 Å². The zero-order valence-corrected chi connectivity index (χ0v) is 13.6. The number of amides is 1. The van der Waals surface area contributed by atoms with Crippen molar-refractivity contribution >= 4 is 17.7 Å². The number of carbonyl (C=O) groups excluding carboxylic acids is 2. The summed E-state index contributed by atoms with van der Waals surface area (Å²) in [5.41, 5.74) is 2.08. The first kappa shape index (κ1) is 16.9. The van der Waals surface area contributed by atoms with Crippen molar-refractivity contribution in [1.29, 1.82) is 0 Å². The van der Waals surface area contributed by atoms with Crippen molar-refractivity contribution in [3.63, 3.8) is 0 Å². The van der Waals surface area contributed by atoms with Gasteiger partial charge in [-0.2, -0.15) is 0 Å². The normalized spacial score (nSPS) is 17.4. The van der Waals surface area contributed by atoms with Gasteiger partial charge >= 0.3 is 5.97 Å². The van der Waals surface area contributed by atoms with Crippen LogP contribution in [0.5, 0.6) is 0 Å². The number of aliphatic carboxylic acids is 1. The van der Waals surface area contributed by atoms with Crippen molar-refractivity contribution in [1.82, 2.24) is 5.32 Å². The third-order valence-electron chi connectivity index (χ3n) is 4.51. The lowest BCUT2D eigenvalue weighted by Crippen LogP contribution is -2.45. The predicted octanol–water partition coefficient (Wildman–Crippen LogP) is 2.56. The highest BCUT2D eigenvalue weighted by molar-refractivity contribution is 6.02. The molecule has 5 heteroatoms. The van der Waals surface area contributed by atoms with Crippen LogP contribution < -0.4 is 5.32 Å². The summed E-state index contributed by atoms with van der Waals surface area (Å²) in [6.07, 6.45) is 0.917. The van der Waals surface area contributed by atoms with E-state index in [4.69, 9.17) is 0 Å². The molecule has 0 spiro atoms. The van der Waals surface area contributed by atoms with Crippen LogP contribution in [-0.4, -0.2) is 28.8 Å². The van der Waals surface area contributed by atoms with Crippen LogP contribution in [0.4, 0.5) is 0 Å². The smallest absolute Gasteiger partial charge is 0.326 e. The van der Waals surface area contributed by atoms with Gasteiger partial charge in [-0.15, -0.1) is 0 Å². The number of hydrogen-bond acceptors (Lipinski definition) is 3. The fourth-order valence-electron chi connectivity index (χ4n) is 3.21. The number of ketones is 1. The summed E-state index contributed by atoms with van der Waals surface area (Å²) in [6, 6.07) is 15.2. The van der Waals surface area contributed by atoms with Crippen LogP contribution in [0, 0.1) is 0 Å². The molecule has 0 aliphatic heterocycles. The topological polar surface area (TPSA) is 83.5 Å². The molecule has 25 heavy (non-hydrogen) atoms. The Bertz CT molecular complexity index is 800. The van der Waals surface area contributed by atoms with Crippen LogP contribution >= 0.6 is 0 Å². The number of hydrogen-bond donors (Lipinski definition) is 2. The fourth-order valence-corrected chi connectivity index (χ4v) is 3.21. The number of carboxylic acid groups (broad SMARTS) is 1. The molecule has 0 fully saturated rings. The average Bonchev–Trinajstić information content (AvgIpc) is 2.62. The summed E-state index contributed by atoms with van der Waals surface area (Å²) in [6.45, 7) is 0. The minimum Gasteiger partial charge on any atom is -0.480 e. The SMILES string of the molecule is O=C1CCC(C(=O)N[C@@H](Cc2ccccc2)C(=O)O)c2ccccc21. The average molecular weight is 337 g/mol. The summed E-state index contributed by atoms with van der Waals surface area (Å²) < 4.78 is 0. The largest absolute Gasteiger partial charge is 0.480 e. The van der Waals surface area contributed by atoms with Crippen molar-refractivity contribution in [3.8, 4) is 0 Å². The van der Waals surface area contributed by atoms with Gasteiger partial charge in [-0.3, -0.25) is 9.59 Å². The lowest BCUT2D eigenvalue weighted by molar-refractivity contribution is -0.142. The van der Waals surface area contributed by atoms with Gasteiger partial charge in [0, 0.05) is 18.4 Å². The first-order valence-electron chi connectivity index (χ1n) is 8.25. The second kappa shape index (κ2) is 7.30. The van der Waals surface area contributed by atoms with E-state index in [2.05, 4.69) is 5.32 Å². The molecule has 0 heterocycles. The number of carboxylic acids is 1. The molecule has 0 radical (unpaired) electrons. The van der Waals surface area contributed by atoms with Crippen LogP contribution in [-0.2, 0) is 16.0 Å². The fraction of sp³-hybridized carbons (Fsp3) is 0.250. The van der Waals surface area contributed by atoms with Crippen LogP contribution in [0.15, 0.2) is 54.6 Å². The third-order valence-corrected chi connectivity index (χ3v) is 4.51. The summed E-state index contributed by atoms with van der Waals surface area (Å²) in [4.78, 5) is 36.2. The van der Waals surface area contributed by atoms with Crippen molar-refractivity contribution in [2.24, 2.45) is 0 Å². The molecule has 1 unspecified atom stereocenters. The number of carbonyl (C=O) groups is 3. The number of Topliss-reactive ketones (excluding diaryl/α,β-unsaturated/α-hetero) is 1. The second-order valence-electron chi connectivity index (χ2n) is 6.19. The van der Waals surface area contributed by atoms with E-state index in [9.17, 15) is 19.5 Å². The predicted molar refractivity (Wildman–Crippen MR) is 92.5 cm³/mol. The molecule has 128 valence electrons. The molecule has 0 saturated heterocycles. The van der Waals surface area contributed by atoms with Crippen LogP contribution in [0.1, 0.15) is 40.2 Å². The highest BCUT2D eigenvalue weighted by Gasteiger charge is 2.32. The Morgan fingerprint density at radius 2 is 1.76 bits per heavy atom. The molecular formula is C20H19NO4. The minimum absolute atomic E-state index is 0.0266. The van der Waals surface area contributed by atoms with Gasteiger partial charge in [0.05, 0.1) is 5.92 Å². The quantitative estimate of drug-likeness (QED) is 0.878. The first-order chi connectivity index (χ1) is 12.1. The van der Waals surface area contributed by atoms with Gasteiger partial charge in [-0.1, -0.05) is 54.6 Å². The molecule has 2 N–H and O–H groups in total. The Labute approximate surface area is 145 Å². The monoisotopic (exact) mass is 337 g/mol. The molecule has 2 atom stereocenters. The summed E-state index contributed by atoms with van der Waals surface area (Å²) in [5.74, 6) is -1.88. The molecule has 1 amide bonds. The van der Waals surface area contributed by atoms with Crippen molar-refractivity contribution < 1.29 is 19.5 Å². The van der Waals surface area contributed by atoms with E-state index in [-0.39, 0.29) is 18.1 Å². The van der Waals surface area contributed by atoms with Gasteiger partial charge in [0.25, 0.3) is 0 Å². The molecule has 3 rings (SSSR count). The Morgan fingerprint density at radius 1 is 1.08 bits per heavy atom. The number of benzene rings is 2. The van der Waals surface area contributed by atoms with E-state index in [0.29, 0.717) is 24.0 Å². The minimum atomic E-state index is -1.07. The van der Waals surface area contributed by atoms with E-state index < -0.39 is 17.9 Å². The van der Waals surface area contributed by atoms with Gasteiger partial charge in [0.2, 0.25) is 5.91 Å². The van der Waals surface area contributed by atoms with Gasteiger partial charge in [-0.25, -0.2) is 4.79 Å². The standard InChI is InChI=1S/C20H19NO4/c22-18-11-10-16(14-8-4-5-9-15(14)18)19(23)21-17(20(24)25)12-13-6-2-1-3-7-13/h1-9,16-17H,10-12H2,(H,21,23)(H,24,25)/t16?,17-/m0/s1. The van der Waals surface area contributed by atoms with E-state index >= 15 is 0 Å². The van der Waals surface area contributed by atoms with Crippen LogP contribution in [0.2, 0.25) is 0 Å². The van der Waals surface area contributed by atoms with E-state index in [1.165, 1.54) is 0 Å². The molecule has 0 saturated carbocycles. The molecule has 0 aromatic heterocycles. The van der Waals surface area contributed by atoms with E-state index in [0.717, 1.165) is 5.56 Å². The van der Waals surface area contributed by atoms with E-state index in [1.807, 2.05) is 30.3 Å². The van der Waals surface area contributed by atoms with Crippen LogP contribution in [0.25, 0.3) is 0 Å². The molecule has 0 bridgehead atoms. The molecule has 1 aliphatic carbocycles. The Morgan fingerprint density at radius 3 is 2.48 bits per heavy atom. The van der Waals surface area contributed by atoms with Crippen molar-refractivity contribution in [2.45, 2.75) is 31.2 Å². The number of rotatable bonds is 5. The first-order valence-corrected chi connectivity index (χ1v) is 8.25. The molecule has 2 aromatic carbocycles. The Balaban J connectivity index is 1.77. The van der Waals surface area contributed by atoms with Crippen LogP contribution in [0.3, 0.4) is 0 Å². The highest BCUT2D eigenvalue weighted by atomic mass is 16.4. The molecule has 5 nitrogen and oxygen atoms in total.